The molecule has 0 bridgehead atoms. The number of nitrogens with one attached hydrogen (secondary N) is 1. The standard InChI is InChI=1S/C24H23N3O4/c28-24(29)19-7-9-25-15-20(19)26-14-16-8-11-30-23-13-17(5-6-18(16)23)27-10-12-31-22-4-2-1-3-21(22)27/h1-7,9,13,15-16,26H,8,10-12,14H2,(H,28,29). The van der Waals surface area contributed by atoms with Crippen LogP contribution in [0.3, 0.4) is 0 Å². The van der Waals surface area contributed by atoms with Gasteiger partial charge in [-0.25, -0.2) is 4.79 Å². The van der Waals surface area contributed by atoms with Crippen molar-refractivity contribution in [3.63, 3.8) is 0 Å². The molecular weight excluding hydrogens is 394 g/mol. The topological polar surface area (TPSA) is 83.9 Å². The first-order chi connectivity index (χ1) is 15.2. The van der Waals surface area contributed by atoms with Gasteiger partial charge in [-0.05, 0) is 36.2 Å². The molecule has 3 aromatic rings. The molecule has 0 spiro atoms. The summed E-state index contributed by atoms with van der Waals surface area (Å²) in [6.45, 7) is 2.65. The van der Waals surface area contributed by atoms with E-state index in [1.807, 2.05) is 18.2 Å². The number of anilines is 3. The number of pyridine rings is 1. The number of benzene rings is 2. The first kappa shape index (κ1) is 19.2. The number of hydrogen-bond acceptors (Lipinski definition) is 6. The normalized spacial score (nSPS) is 17.0. The van der Waals surface area contributed by atoms with Crippen LogP contribution in [-0.4, -0.2) is 42.4 Å². The Morgan fingerprint density at radius 2 is 2.00 bits per heavy atom. The maximum atomic E-state index is 11.4. The fraction of sp³-hybridized carbons (Fsp3) is 0.250. The number of carbonyl (C=O) groups is 1. The second kappa shape index (κ2) is 8.18. The van der Waals surface area contributed by atoms with Crippen LogP contribution >= 0.6 is 0 Å². The van der Waals surface area contributed by atoms with E-state index in [1.54, 1.807) is 6.20 Å². The van der Waals surface area contributed by atoms with Gasteiger partial charge in [0, 0.05) is 30.4 Å². The Kier molecular flexibility index (Phi) is 5.08. The largest absolute Gasteiger partial charge is 0.493 e. The van der Waals surface area contributed by atoms with Gasteiger partial charge in [0.05, 0.1) is 36.3 Å². The highest BCUT2D eigenvalue weighted by atomic mass is 16.5. The first-order valence-electron chi connectivity index (χ1n) is 10.4. The van der Waals surface area contributed by atoms with Crippen LogP contribution in [0.2, 0.25) is 0 Å². The number of carboxylic acid groups (broad SMARTS) is 1. The number of carboxylic acids is 1. The van der Waals surface area contributed by atoms with Crippen LogP contribution in [0.4, 0.5) is 17.1 Å². The van der Waals surface area contributed by atoms with Crippen molar-refractivity contribution < 1.29 is 19.4 Å². The summed E-state index contributed by atoms with van der Waals surface area (Å²) in [6.07, 6.45) is 3.91. The van der Waals surface area contributed by atoms with Gasteiger partial charge in [-0.3, -0.25) is 4.98 Å². The van der Waals surface area contributed by atoms with Crippen LogP contribution in [0.15, 0.2) is 60.9 Å². The van der Waals surface area contributed by atoms with E-state index in [1.165, 1.54) is 12.3 Å². The quantitative estimate of drug-likeness (QED) is 0.641. The highest BCUT2D eigenvalue weighted by molar-refractivity contribution is 5.93. The molecule has 5 rings (SSSR count). The molecule has 1 aromatic heterocycles. The lowest BCUT2D eigenvalue weighted by atomic mass is 9.92. The molecule has 2 aliphatic rings. The summed E-state index contributed by atoms with van der Waals surface area (Å²) >= 11 is 0. The van der Waals surface area contributed by atoms with E-state index in [4.69, 9.17) is 9.47 Å². The predicted molar refractivity (Wildman–Crippen MR) is 118 cm³/mol. The molecule has 7 nitrogen and oxygen atoms in total. The zero-order valence-corrected chi connectivity index (χ0v) is 17.0. The van der Waals surface area contributed by atoms with Crippen molar-refractivity contribution in [3.8, 4) is 11.5 Å². The number of hydrogen-bond donors (Lipinski definition) is 2. The number of aromatic carboxylic acids is 1. The Bertz CT molecular complexity index is 1120. The minimum absolute atomic E-state index is 0.219. The average molecular weight is 417 g/mol. The summed E-state index contributed by atoms with van der Waals surface area (Å²) < 4.78 is 11.8. The lowest BCUT2D eigenvalue weighted by Gasteiger charge is -2.33. The number of nitrogens with zero attached hydrogens (tertiary/aromatic N) is 2. The Morgan fingerprint density at radius 3 is 2.90 bits per heavy atom. The molecule has 2 N–H and O–H groups in total. The zero-order chi connectivity index (χ0) is 21.2. The first-order valence-corrected chi connectivity index (χ1v) is 10.4. The van der Waals surface area contributed by atoms with Crippen LogP contribution in [0.5, 0.6) is 11.5 Å². The fourth-order valence-corrected chi connectivity index (χ4v) is 4.22. The molecule has 0 aliphatic carbocycles. The molecule has 0 saturated carbocycles. The Balaban J connectivity index is 1.38. The Labute approximate surface area is 180 Å². The molecule has 2 aliphatic heterocycles. The number of fused-ring (bicyclic) bond motifs is 2. The van der Waals surface area contributed by atoms with Crippen LogP contribution in [0, 0.1) is 0 Å². The molecule has 1 atom stereocenters. The maximum Gasteiger partial charge on any atom is 0.337 e. The van der Waals surface area contributed by atoms with E-state index in [0.717, 1.165) is 41.4 Å². The van der Waals surface area contributed by atoms with Crippen LogP contribution in [0.1, 0.15) is 28.3 Å². The minimum Gasteiger partial charge on any atom is -0.493 e. The van der Waals surface area contributed by atoms with Crippen molar-refractivity contribution >= 4 is 23.0 Å². The number of rotatable bonds is 5. The smallest absolute Gasteiger partial charge is 0.337 e. The van der Waals surface area contributed by atoms with Gasteiger partial charge in [0.15, 0.2) is 0 Å². The molecule has 0 radical (unpaired) electrons. The van der Waals surface area contributed by atoms with Crippen LogP contribution in [0.25, 0.3) is 0 Å². The lowest BCUT2D eigenvalue weighted by Crippen LogP contribution is -2.29. The highest BCUT2D eigenvalue weighted by Crippen LogP contribution is 2.41. The molecule has 0 fully saturated rings. The second-order valence-corrected chi connectivity index (χ2v) is 7.63. The van der Waals surface area contributed by atoms with Crippen molar-refractivity contribution in [3.05, 3.63) is 72.1 Å². The third-order valence-corrected chi connectivity index (χ3v) is 5.79. The summed E-state index contributed by atoms with van der Waals surface area (Å²) in [6, 6.07) is 15.9. The molecule has 0 saturated heterocycles. The van der Waals surface area contributed by atoms with E-state index < -0.39 is 5.97 Å². The van der Waals surface area contributed by atoms with Crippen LogP contribution < -0.4 is 19.7 Å². The molecule has 158 valence electrons. The fourth-order valence-electron chi connectivity index (χ4n) is 4.22. The molecule has 3 heterocycles. The summed E-state index contributed by atoms with van der Waals surface area (Å²) in [5, 5.41) is 12.7. The number of ether oxygens (including phenoxy) is 2. The van der Waals surface area contributed by atoms with Gasteiger partial charge in [-0.2, -0.15) is 0 Å². The van der Waals surface area contributed by atoms with Gasteiger partial charge in [-0.15, -0.1) is 0 Å². The molecule has 1 unspecified atom stereocenters. The van der Waals surface area contributed by atoms with Crippen molar-refractivity contribution in [1.82, 2.24) is 4.98 Å². The van der Waals surface area contributed by atoms with E-state index in [0.29, 0.717) is 25.4 Å². The minimum atomic E-state index is -0.965. The highest BCUT2D eigenvalue weighted by Gasteiger charge is 2.25. The van der Waals surface area contributed by atoms with Gasteiger partial charge in [-0.1, -0.05) is 18.2 Å². The van der Waals surface area contributed by atoms with Gasteiger partial charge in [0.1, 0.15) is 18.1 Å². The average Bonchev–Trinajstić information content (AvgIpc) is 2.82. The van der Waals surface area contributed by atoms with E-state index in [9.17, 15) is 9.90 Å². The molecule has 0 amide bonds. The third kappa shape index (κ3) is 3.74. The van der Waals surface area contributed by atoms with Crippen molar-refractivity contribution in [2.75, 3.05) is 36.5 Å². The van der Waals surface area contributed by atoms with E-state index >= 15 is 0 Å². The van der Waals surface area contributed by atoms with Gasteiger partial charge < -0.3 is 24.8 Å². The molecular formula is C24H23N3O4. The lowest BCUT2D eigenvalue weighted by molar-refractivity contribution is 0.0697. The van der Waals surface area contributed by atoms with Crippen LogP contribution in [-0.2, 0) is 0 Å². The zero-order valence-electron chi connectivity index (χ0n) is 17.0. The molecule has 2 aromatic carbocycles. The summed E-state index contributed by atoms with van der Waals surface area (Å²) in [4.78, 5) is 17.7. The van der Waals surface area contributed by atoms with E-state index in [-0.39, 0.29) is 11.5 Å². The Hall–Kier alpha value is -3.74. The monoisotopic (exact) mass is 417 g/mol. The van der Waals surface area contributed by atoms with Gasteiger partial charge >= 0.3 is 5.97 Å². The van der Waals surface area contributed by atoms with Crippen molar-refractivity contribution in [1.29, 1.82) is 0 Å². The third-order valence-electron chi connectivity index (χ3n) is 5.79. The predicted octanol–water partition coefficient (Wildman–Crippen LogP) is 4.29. The van der Waals surface area contributed by atoms with Gasteiger partial charge in [0.25, 0.3) is 0 Å². The number of para-hydroxylation sites is 2. The van der Waals surface area contributed by atoms with E-state index in [2.05, 4.69) is 39.5 Å². The summed E-state index contributed by atoms with van der Waals surface area (Å²) in [5.41, 5.74) is 4.02. The summed E-state index contributed by atoms with van der Waals surface area (Å²) in [7, 11) is 0. The second-order valence-electron chi connectivity index (χ2n) is 7.63. The van der Waals surface area contributed by atoms with Crippen molar-refractivity contribution in [2.45, 2.75) is 12.3 Å². The number of aromatic nitrogens is 1. The molecule has 31 heavy (non-hydrogen) atoms. The molecule has 7 heteroatoms. The van der Waals surface area contributed by atoms with Gasteiger partial charge in [0.2, 0.25) is 0 Å². The summed E-state index contributed by atoms with van der Waals surface area (Å²) in [5.74, 6) is 1.02. The van der Waals surface area contributed by atoms with Crippen molar-refractivity contribution in [2.24, 2.45) is 0 Å². The maximum absolute atomic E-state index is 11.4. The Morgan fingerprint density at radius 1 is 1.13 bits per heavy atom. The SMILES string of the molecule is O=C(O)c1ccncc1NCC1CCOc2cc(N3CCOc4ccccc43)ccc21.